The lowest BCUT2D eigenvalue weighted by molar-refractivity contribution is 0.205. The molecule has 0 amide bonds. The number of hydrogen-bond donors (Lipinski definition) is 0. The molecule has 1 heteroatoms. The van der Waals surface area contributed by atoms with Crippen LogP contribution in [-0.2, 0) is 5.41 Å². The first-order valence-electron chi connectivity index (χ1n) is 6.21. The fourth-order valence-corrected chi connectivity index (χ4v) is 1.87. The highest BCUT2D eigenvalue weighted by molar-refractivity contribution is 5.38. The SMILES string of the molecule is CCCC(C)Oc1ccccc1C(C)(C)C. The molecule has 0 heterocycles. The molecule has 1 atom stereocenters. The van der Waals surface area contributed by atoms with Gasteiger partial charge in [0.25, 0.3) is 0 Å². The fraction of sp³-hybridized carbons (Fsp3) is 0.600. The summed E-state index contributed by atoms with van der Waals surface area (Å²) in [5.74, 6) is 1.04. The first-order valence-corrected chi connectivity index (χ1v) is 6.21. The molecule has 1 aromatic carbocycles. The summed E-state index contributed by atoms with van der Waals surface area (Å²) in [6.45, 7) is 11.0. The summed E-state index contributed by atoms with van der Waals surface area (Å²) in [7, 11) is 0. The summed E-state index contributed by atoms with van der Waals surface area (Å²) in [4.78, 5) is 0. The number of hydrogen-bond acceptors (Lipinski definition) is 1. The van der Waals surface area contributed by atoms with Gasteiger partial charge in [0.05, 0.1) is 6.10 Å². The summed E-state index contributed by atoms with van der Waals surface area (Å²) in [5, 5.41) is 0. The van der Waals surface area contributed by atoms with Gasteiger partial charge in [-0.05, 0) is 30.4 Å². The predicted molar refractivity (Wildman–Crippen MR) is 70.1 cm³/mol. The van der Waals surface area contributed by atoms with Gasteiger partial charge in [0.2, 0.25) is 0 Å². The first kappa shape index (κ1) is 13.1. The molecule has 1 nitrogen and oxygen atoms in total. The molecule has 0 saturated carbocycles. The zero-order chi connectivity index (χ0) is 12.2. The van der Waals surface area contributed by atoms with Crippen LogP contribution in [0, 0.1) is 0 Å². The van der Waals surface area contributed by atoms with Gasteiger partial charge in [-0.15, -0.1) is 0 Å². The van der Waals surface area contributed by atoms with Gasteiger partial charge in [0.1, 0.15) is 5.75 Å². The quantitative estimate of drug-likeness (QED) is 0.723. The molecule has 0 aliphatic heterocycles. The molecular weight excluding hydrogens is 196 g/mol. The third kappa shape index (κ3) is 3.55. The molecule has 1 aromatic rings. The van der Waals surface area contributed by atoms with Gasteiger partial charge in [-0.25, -0.2) is 0 Å². The minimum absolute atomic E-state index is 0.141. The second-order valence-electron chi connectivity index (χ2n) is 5.46. The van der Waals surface area contributed by atoms with Crippen molar-refractivity contribution in [2.75, 3.05) is 0 Å². The van der Waals surface area contributed by atoms with Crippen LogP contribution in [0.3, 0.4) is 0 Å². The third-order valence-electron chi connectivity index (χ3n) is 2.72. The summed E-state index contributed by atoms with van der Waals surface area (Å²) in [6, 6.07) is 8.36. The second-order valence-corrected chi connectivity index (χ2v) is 5.46. The van der Waals surface area contributed by atoms with E-state index in [0.717, 1.165) is 12.2 Å². The maximum absolute atomic E-state index is 6.01. The molecule has 0 N–H and O–H groups in total. The van der Waals surface area contributed by atoms with Crippen LogP contribution in [0.25, 0.3) is 0 Å². The van der Waals surface area contributed by atoms with Crippen molar-refractivity contribution in [2.24, 2.45) is 0 Å². The van der Waals surface area contributed by atoms with Crippen molar-refractivity contribution in [1.82, 2.24) is 0 Å². The van der Waals surface area contributed by atoms with Crippen molar-refractivity contribution in [3.05, 3.63) is 29.8 Å². The number of benzene rings is 1. The molecule has 0 saturated heterocycles. The minimum atomic E-state index is 0.141. The van der Waals surface area contributed by atoms with Crippen LogP contribution in [0.5, 0.6) is 5.75 Å². The zero-order valence-corrected chi connectivity index (χ0v) is 11.2. The molecule has 16 heavy (non-hydrogen) atoms. The van der Waals surface area contributed by atoms with Crippen LogP contribution in [0.1, 0.15) is 53.0 Å². The smallest absolute Gasteiger partial charge is 0.123 e. The Morgan fingerprint density at radius 2 is 1.81 bits per heavy atom. The first-order chi connectivity index (χ1) is 7.45. The van der Waals surface area contributed by atoms with E-state index in [9.17, 15) is 0 Å². The van der Waals surface area contributed by atoms with Gasteiger partial charge in [-0.2, -0.15) is 0 Å². The maximum Gasteiger partial charge on any atom is 0.123 e. The van der Waals surface area contributed by atoms with Crippen LogP contribution < -0.4 is 4.74 Å². The molecule has 0 aliphatic carbocycles. The topological polar surface area (TPSA) is 9.23 Å². The van der Waals surface area contributed by atoms with Gasteiger partial charge >= 0.3 is 0 Å². The van der Waals surface area contributed by atoms with Gasteiger partial charge < -0.3 is 4.74 Å². The Morgan fingerprint density at radius 3 is 2.38 bits per heavy atom. The lowest BCUT2D eigenvalue weighted by Crippen LogP contribution is -2.17. The molecular formula is C15H24O. The van der Waals surface area contributed by atoms with E-state index < -0.39 is 0 Å². The second kappa shape index (κ2) is 5.38. The molecule has 0 bridgehead atoms. The molecule has 0 fully saturated rings. The van der Waals surface area contributed by atoms with E-state index in [-0.39, 0.29) is 5.41 Å². The van der Waals surface area contributed by atoms with Crippen molar-refractivity contribution < 1.29 is 4.74 Å². The molecule has 1 unspecified atom stereocenters. The largest absolute Gasteiger partial charge is 0.490 e. The van der Waals surface area contributed by atoms with E-state index >= 15 is 0 Å². The van der Waals surface area contributed by atoms with Crippen molar-refractivity contribution in [1.29, 1.82) is 0 Å². The monoisotopic (exact) mass is 220 g/mol. The lowest BCUT2D eigenvalue weighted by Gasteiger charge is -2.24. The predicted octanol–water partition coefficient (Wildman–Crippen LogP) is 4.55. The lowest BCUT2D eigenvalue weighted by atomic mass is 9.86. The van der Waals surface area contributed by atoms with Crippen LogP contribution >= 0.6 is 0 Å². The Labute approximate surface area is 99.8 Å². The van der Waals surface area contributed by atoms with E-state index in [1.165, 1.54) is 12.0 Å². The molecule has 0 aliphatic rings. The summed E-state index contributed by atoms with van der Waals surface area (Å²) in [6.07, 6.45) is 2.57. The summed E-state index contributed by atoms with van der Waals surface area (Å²) >= 11 is 0. The van der Waals surface area contributed by atoms with Gasteiger partial charge in [0, 0.05) is 0 Å². The van der Waals surface area contributed by atoms with E-state index in [1.807, 2.05) is 6.07 Å². The Bertz CT molecular complexity index is 322. The van der Waals surface area contributed by atoms with Crippen LogP contribution in [0.4, 0.5) is 0 Å². The van der Waals surface area contributed by atoms with Gasteiger partial charge in [-0.1, -0.05) is 52.3 Å². The highest BCUT2D eigenvalue weighted by Gasteiger charge is 2.19. The Kier molecular flexibility index (Phi) is 4.40. The summed E-state index contributed by atoms with van der Waals surface area (Å²) < 4.78 is 6.01. The van der Waals surface area contributed by atoms with E-state index in [0.29, 0.717) is 6.10 Å². The van der Waals surface area contributed by atoms with Crippen LogP contribution in [0.2, 0.25) is 0 Å². The Morgan fingerprint density at radius 1 is 1.19 bits per heavy atom. The third-order valence-corrected chi connectivity index (χ3v) is 2.72. The van der Waals surface area contributed by atoms with Crippen molar-refractivity contribution in [2.45, 2.75) is 59.0 Å². The standard InChI is InChI=1S/C15H24O/c1-6-9-12(2)16-14-11-8-7-10-13(14)15(3,4)5/h7-8,10-12H,6,9H2,1-5H3. The average Bonchev–Trinajstić information content (AvgIpc) is 2.17. The zero-order valence-electron chi connectivity index (χ0n) is 11.2. The van der Waals surface area contributed by atoms with Crippen LogP contribution in [0.15, 0.2) is 24.3 Å². The van der Waals surface area contributed by atoms with Crippen molar-refractivity contribution in [3.8, 4) is 5.75 Å². The summed E-state index contributed by atoms with van der Waals surface area (Å²) in [5.41, 5.74) is 1.43. The molecule has 1 rings (SSSR count). The Hall–Kier alpha value is -0.980. The van der Waals surface area contributed by atoms with Crippen molar-refractivity contribution in [3.63, 3.8) is 0 Å². The molecule has 0 radical (unpaired) electrons. The highest BCUT2D eigenvalue weighted by Crippen LogP contribution is 2.31. The fourth-order valence-electron chi connectivity index (χ4n) is 1.87. The van der Waals surface area contributed by atoms with Gasteiger partial charge in [-0.3, -0.25) is 0 Å². The number of ether oxygens (including phenoxy) is 1. The van der Waals surface area contributed by atoms with Crippen molar-refractivity contribution >= 4 is 0 Å². The molecule has 0 aromatic heterocycles. The van der Waals surface area contributed by atoms with E-state index in [1.54, 1.807) is 0 Å². The van der Waals surface area contributed by atoms with E-state index in [4.69, 9.17) is 4.74 Å². The maximum atomic E-state index is 6.01. The minimum Gasteiger partial charge on any atom is -0.490 e. The van der Waals surface area contributed by atoms with Gasteiger partial charge in [0.15, 0.2) is 0 Å². The number of rotatable bonds is 4. The van der Waals surface area contributed by atoms with Crippen LogP contribution in [-0.4, -0.2) is 6.10 Å². The number of para-hydroxylation sites is 1. The van der Waals surface area contributed by atoms with E-state index in [2.05, 4.69) is 52.8 Å². The normalized spacial score (nSPS) is 13.6. The average molecular weight is 220 g/mol. The Balaban J connectivity index is 2.87. The highest BCUT2D eigenvalue weighted by atomic mass is 16.5. The molecule has 0 spiro atoms. The molecule has 90 valence electrons.